The van der Waals surface area contributed by atoms with Crippen LogP contribution >= 0.6 is 0 Å². The lowest BCUT2D eigenvalue weighted by atomic mass is 9.97. The van der Waals surface area contributed by atoms with E-state index in [-0.39, 0.29) is 5.91 Å². The summed E-state index contributed by atoms with van der Waals surface area (Å²) in [5.41, 5.74) is 2.86. The first kappa shape index (κ1) is 16.5. The fraction of sp³-hybridized carbons (Fsp3) is 0.650. The Kier molecular flexibility index (Phi) is 5.71. The predicted molar refractivity (Wildman–Crippen MR) is 94.4 cm³/mol. The normalized spacial score (nSPS) is 22.4. The number of carbonyl (C=O) groups is 1. The SMILES string of the molecule is CN(CC(=O)NC1CCCCCCC1)C1CCc2ccccc21. The molecule has 1 amide bonds. The lowest BCUT2D eigenvalue weighted by Gasteiger charge is -2.26. The van der Waals surface area contributed by atoms with Gasteiger partial charge in [0.25, 0.3) is 0 Å². The number of rotatable bonds is 4. The van der Waals surface area contributed by atoms with E-state index >= 15 is 0 Å². The molecule has 3 rings (SSSR count). The van der Waals surface area contributed by atoms with Crippen LogP contribution in [0, 0.1) is 0 Å². The van der Waals surface area contributed by atoms with Crippen molar-refractivity contribution in [3.05, 3.63) is 35.4 Å². The molecular weight excluding hydrogens is 284 g/mol. The van der Waals surface area contributed by atoms with Crippen LogP contribution in [0.1, 0.15) is 68.5 Å². The van der Waals surface area contributed by atoms with Crippen molar-refractivity contribution < 1.29 is 4.79 Å². The number of hydrogen-bond acceptors (Lipinski definition) is 2. The summed E-state index contributed by atoms with van der Waals surface area (Å²) < 4.78 is 0. The first-order valence-electron chi connectivity index (χ1n) is 9.31. The van der Waals surface area contributed by atoms with Gasteiger partial charge in [-0.1, -0.05) is 56.4 Å². The van der Waals surface area contributed by atoms with Gasteiger partial charge >= 0.3 is 0 Å². The number of nitrogens with one attached hydrogen (secondary N) is 1. The maximum absolute atomic E-state index is 12.4. The van der Waals surface area contributed by atoms with Gasteiger partial charge < -0.3 is 5.32 Å². The molecule has 0 radical (unpaired) electrons. The fourth-order valence-electron chi connectivity index (χ4n) is 4.20. The van der Waals surface area contributed by atoms with E-state index < -0.39 is 0 Å². The highest BCUT2D eigenvalue weighted by Gasteiger charge is 2.26. The van der Waals surface area contributed by atoms with Crippen LogP contribution in [0.4, 0.5) is 0 Å². The van der Waals surface area contributed by atoms with Crippen molar-refractivity contribution in [3.63, 3.8) is 0 Å². The highest BCUT2D eigenvalue weighted by atomic mass is 16.2. The van der Waals surface area contributed by atoms with E-state index in [2.05, 4.69) is 41.5 Å². The summed E-state index contributed by atoms with van der Waals surface area (Å²) in [6.45, 7) is 0.509. The van der Waals surface area contributed by atoms with Gasteiger partial charge in [0, 0.05) is 12.1 Å². The lowest BCUT2D eigenvalue weighted by Crippen LogP contribution is -2.42. The average Bonchev–Trinajstić information content (AvgIpc) is 2.94. The zero-order valence-electron chi connectivity index (χ0n) is 14.4. The molecule has 2 aliphatic carbocycles. The lowest BCUT2D eigenvalue weighted by molar-refractivity contribution is -0.123. The van der Waals surface area contributed by atoms with Gasteiger partial charge in [-0.3, -0.25) is 9.69 Å². The fourth-order valence-corrected chi connectivity index (χ4v) is 4.20. The van der Waals surface area contributed by atoms with E-state index in [0.717, 1.165) is 25.7 Å². The maximum atomic E-state index is 12.4. The molecule has 0 aliphatic heterocycles. The Morgan fingerprint density at radius 1 is 1.09 bits per heavy atom. The minimum absolute atomic E-state index is 0.197. The third-order valence-corrected chi connectivity index (χ3v) is 5.50. The summed E-state index contributed by atoms with van der Waals surface area (Å²) in [6.07, 6.45) is 11.1. The van der Waals surface area contributed by atoms with Crippen molar-refractivity contribution in [3.8, 4) is 0 Å². The van der Waals surface area contributed by atoms with Crippen LogP contribution in [-0.4, -0.2) is 30.4 Å². The van der Waals surface area contributed by atoms with Crippen LogP contribution in [0.5, 0.6) is 0 Å². The molecule has 1 aromatic rings. The van der Waals surface area contributed by atoms with Crippen LogP contribution in [0.25, 0.3) is 0 Å². The van der Waals surface area contributed by atoms with Crippen LogP contribution in [0.3, 0.4) is 0 Å². The molecule has 1 saturated carbocycles. The predicted octanol–water partition coefficient (Wildman–Crippen LogP) is 3.83. The molecule has 1 aromatic carbocycles. The molecule has 0 aromatic heterocycles. The summed E-state index contributed by atoms with van der Waals surface area (Å²) in [5.74, 6) is 0.197. The van der Waals surface area contributed by atoms with Crippen molar-refractivity contribution in [2.24, 2.45) is 0 Å². The standard InChI is InChI=1S/C20H30N2O/c1-22(19-14-13-16-9-7-8-12-18(16)19)15-20(23)21-17-10-5-3-2-4-6-11-17/h7-9,12,17,19H,2-6,10-11,13-15H2,1H3,(H,21,23). The quantitative estimate of drug-likeness (QED) is 0.916. The summed E-state index contributed by atoms with van der Waals surface area (Å²) in [6, 6.07) is 9.46. The molecule has 0 heterocycles. The van der Waals surface area contributed by atoms with E-state index in [0.29, 0.717) is 18.6 Å². The molecule has 1 N–H and O–H groups in total. The Balaban J connectivity index is 1.51. The minimum Gasteiger partial charge on any atom is -0.352 e. The van der Waals surface area contributed by atoms with Crippen molar-refractivity contribution in [2.45, 2.75) is 69.9 Å². The van der Waals surface area contributed by atoms with Gasteiger partial charge in [-0.25, -0.2) is 0 Å². The van der Waals surface area contributed by atoms with E-state index in [1.54, 1.807) is 0 Å². The zero-order valence-corrected chi connectivity index (χ0v) is 14.4. The average molecular weight is 314 g/mol. The first-order valence-corrected chi connectivity index (χ1v) is 9.31. The minimum atomic E-state index is 0.197. The first-order chi connectivity index (χ1) is 11.2. The van der Waals surface area contributed by atoms with Gasteiger partial charge in [-0.05, 0) is 43.9 Å². The number of amides is 1. The summed E-state index contributed by atoms with van der Waals surface area (Å²) >= 11 is 0. The Bertz CT molecular complexity index is 520. The number of fused-ring (bicyclic) bond motifs is 1. The van der Waals surface area contributed by atoms with Crippen molar-refractivity contribution >= 4 is 5.91 Å². The summed E-state index contributed by atoms with van der Waals surface area (Å²) in [4.78, 5) is 14.7. The second kappa shape index (κ2) is 7.96. The maximum Gasteiger partial charge on any atom is 0.234 e. The van der Waals surface area contributed by atoms with Gasteiger partial charge in [0.05, 0.1) is 6.54 Å². The number of likely N-dealkylation sites (N-methyl/N-ethyl adjacent to an activating group) is 1. The monoisotopic (exact) mass is 314 g/mol. The Labute approximate surface area is 140 Å². The van der Waals surface area contributed by atoms with E-state index in [9.17, 15) is 4.79 Å². The number of hydrogen-bond donors (Lipinski definition) is 1. The molecule has 0 spiro atoms. The zero-order chi connectivity index (χ0) is 16.1. The van der Waals surface area contributed by atoms with E-state index in [1.165, 1.54) is 43.2 Å². The molecule has 1 fully saturated rings. The molecule has 3 heteroatoms. The largest absolute Gasteiger partial charge is 0.352 e. The van der Waals surface area contributed by atoms with Crippen LogP contribution in [-0.2, 0) is 11.2 Å². The summed E-state index contributed by atoms with van der Waals surface area (Å²) in [7, 11) is 2.09. The molecule has 1 unspecified atom stereocenters. The molecule has 126 valence electrons. The third-order valence-electron chi connectivity index (χ3n) is 5.50. The molecule has 2 aliphatic rings. The van der Waals surface area contributed by atoms with Crippen molar-refractivity contribution in [1.29, 1.82) is 0 Å². The molecular formula is C20H30N2O. The Hall–Kier alpha value is -1.35. The molecule has 0 saturated heterocycles. The number of carbonyl (C=O) groups excluding carboxylic acids is 1. The van der Waals surface area contributed by atoms with Crippen molar-refractivity contribution in [1.82, 2.24) is 10.2 Å². The van der Waals surface area contributed by atoms with Gasteiger partial charge in [0.1, 0.15) is 0 Å². The Morgan fingerprint density at radius 2 is 1.78 bits per heavy atom. The number of benzene rings is 1. The van der Waals surface area contributed by atoms with Crippen LogP contribution in [0.2, 0.25) is 0 Å². The molecule has 1 atom stereocenters. The third kappa shape index (κ3) is 4.35. The van der Waals surface area contributed by atoms with Gasteiger partial charge in [0.15, 0.2) is 0 Å². The number of aryl methyl sites for hydroxylation is 1. The smallest absolute Gasteiger partial charge is 0.234 e. The van der Waals surface area contributed by atoms with E-state index in [4.69, 9.17) is 0 Å². The highest BCUT2D eigenvalue weighted by molar-refractivity contribution is 5.78. The van der Waals surface area contributed by atoms with Crippen LogP contribution < -0.4 is 5.32 Å². The second-order valence-electron chi connectivity index (χ2n) is 7.28. The van der Waals surface area contributed by atoms with Crippen LogP contribution in [0.15, 0.2) is 24.3 Å². The molecule has 0 bridgehead atoms. The number of nitrogens with zero attached hydrogens (tertiary/aromatic N) is 1. The van der Waals surface area contributed by atoms with Gasteiger partial charge in [0.2, 0.25) is 5.91 Å². The molecule has 23 heavy (non-hydrogen) atoms. The summed E-state index contributed by atoms with van der Waals surface area (Å²) in [5, 5.41) is 3.28. The highest BCUT2D eigenvalue weighted by Crippen LogP contribution is 2.34. The molecule has 3 nitrogen and oxygen atoms in total. The van der Waals surface area contributed by atoms with Gasteiger partial charge in [-0.15, -0.1) is 0 Å². The second-order valence-corrected chi connectivity index (χ2v) is 7.28. The van der Waals surface area contributed by atoms with Crippen molar-refractivity contribution in [2.75, 3.05) is 13.6 Å². The van der Waals surface area contributed by atoms with Gasteiger partial charge in [-0.2, -0.15) is 0 Å². The van der Waals surface area contributed by atoms with E-state index in [1.807, 2.05) is 0 Å². The Morgan fingerprint density at radius 3 is 2.57 bits per heavy atom. The topological polar surface area (TPSA) is 32.3 Å².